The van der Waals surface area contributed by atoms with Crippen LogP contribution in [0.2, 0.25) is 0 Å². The Morgan fingerprint density at radius 1 is 1.41 bits per heavy atom. The van der Waals surface area contributed by atoms with Crippen molar-refractivity contribution in [1.29, 1.82) is 0 Å². The van der Waals surface area contributed by atoms with Gasteiger partial charge in [-0.1, -0.05) is 0 Å². The lowest BCUT2D eigenvalue weighted by Gasteiger charge is -2.26. The van der Waals surface area contributed by atoms with Gasteiger partial charge in [0.15, 0.2) is 0 Å². The Labute approximate surface area is 131 Å². The molecule has 1 saturated heterocycles. The molecule has 2 amide bonds. The standard InChI is InChI=1S/C17H23N3O2/c1-2-19-10-14(9-17(19)22)20(12-21)11-16-15-6-4-3-5-13(15)7-8-18-16/h7-8,12,14H,2-6,9-11H2,1H3. The van der Waals surface area contributed by atoms with Crippen LogP contribution in [-0.2, 0) is 29.0 Å². The van der Waals surface area contributed by atoms with Gasteiger partial charge in [-0.15, -0.1) is 0 Å². The maximum absolute atomic E-state index is 11.9. The highest BCUT2D eigenvalue weighted by molar-refractivity contribution is 5.79. The normalized spacial score (nSPS) is 20.9. The average molecular weight is 301 g/mol. The molecule has 1 aliphatic carbocycles. The molecule has 3 rings (SSSR count). The summed E-state index contributed by atoms with van der Waals surface area (Å²) in [6.45, 7) is 3.84. The summed E-state index contributed by atoms with van der Waals surface area (Å²) < 4.78 is 0. The minimum atomic E-state index is -0.0220. The molecule has 1 aliphatic heterocycles. The molecule has 0 radical (unpaired) electrons. The number of hydrogen-bond acceptors (Lipinski definition) is 3. The lowest BCUT2D eigenvalue weighted by atomic mass is 9.91. The van der Waals surface area contributed by atoms with Gasteiger partial charge in [-0.2, -0.15) is 0 Å². The third kappa shape index (κ3) is 2.85. The summed E-state index contributed by atoms with van der Waals surface area (Å²) in [7, 11) is 0. The number of amides is 2. The van der Waals surface area contributed by atoms with E-state index in [2.05, 4.69) is 11.1 Å². The second-order valence-corrected chi connectivity index (χ2v) is 6.17. The Hall–Kier alpha value is -1.91. The second-order valence-electron chi connectivity index (χ2n) is 6.17. The first-order valence-electron chi connectivity index (χ1n) is 8.17. The van der Waals surface area contributed by atoms with Gasteiger partial charge in [0, 0.05) is 25.7 Å². The van der Waals surface area contributed by atoms with Crippen LogP contribution in [0.25, 0.3) is 0 Å². The van der Waals surface area contributed by atoms with Gasteiger partial charge in [0.25, 0.3) is 0 Å². The van der Waals surface area contributed by atoms with Crippen molar-refractivity contribution in [1.82, 2.24) is 14.8 Å². The van der Waals surface area contributed by atoms with Gasteiger partial charge in [0.05, 0.1) is 18.3 Å². The van der Waals surface area contributed by atoms with Crippen LogP contribution in [0, 0.1) is 0 Å². The molecule has 0 N–H and O–H groups in total. The predicted octanol–water partition coefficient (Wildman–Crippen LogP) is 1.54. The molecule has 1 aromatic rings. The third-order valence-electron chi connectivity index (χ3n) is 4.88. The quantitative estimate of drug-likeness (QED) is 0.775. The molecule has 1 unspecified atom stereocenters. The maximum atomic E-state index is 11.9. The number of hydrogen-bond donors (Lipinski definition) is 0. The van der Waals surface area contributed by atoms with Crippen molar-refractivity contribution >= 4 is 12.3 Å². The summed E-state index contributed by atoms with van der Waals surface area (Å²) in [5, 5.41) is 0. The first-order valence-corrected chi connectivity index (χ1v) is 8.17. The molecule has 5 nitrogen and oxygen atoms in total. The van der Waals surface area contributed by atoms with Crippen molar-refractivity contribution in [2.24, 2.45) is 0 Å². The molecule has 118 valence electrons. The van der Waals surface area contributed by atoms with Crippen molar-refractivity contribution in [3.63, 3.8) is 0 Å². The Morgan fingerprint density at radius 2 is 2.23 bits per heavy atom. The monoisotopic (exact) mass is 301 g/mol. The minimum absolute atomic E-state index is 0.0220. The number of rotatable bonds is 5. The highest BCUT2D eigenvalue weighted by atomic mass is 16.2. The highest BCUT2D eigenvalue weighted by Gasteiger charge is 2.32. The smallest absolute Gasteiger partial charge is 0.224 e. The van der Waals surface area contributed by atoms with Crippen LogP contribution in [0.3, 0.4) is 0 Å². The molecular weight excluding hydrogens is 278 g/mol. The number of pyridine rings is 1. The zero-order valence-electron chi connectivity index (χ0n) is 13.1. The molecule has 22 heavy (non-hydrogen) atoms. The van der Waals surface area contributed by atoms with Gasteiger partial charge in [0.1, 0.15) is 0 Å². The maximum Gasteiger partial charge on any atom is 0.224 e. The molecule has 1 aromatic heterocycles. The highest BCUT2D eigenvalue weighted by Crippen LogP contribution is 2.25. The van der Waals surface area contributed by atoms with Gasteiger partial charge in [-0.05, 0) is 49.8 Å². The fourth-order valence-corrected chi connectivity index (χ4v) is 3.58. The van der Waals surface area contributed by atoms with Crippen molar-refractivity contribution in [2.75, 3.05) is 13.1 Å². The van der Waals surface area contributed by atoms with Crippen LogP contribution < -0.4 is 0 Å². The van der Waals surface area contributed by atoms with E-state index in [4.69, 9.17) is 0 Å². The first kappa shape index (κ1) is 15.0. The van der Waals surface area contributed by atoms with E-state index in [1.165, 1.54) is 24.0 Å². The molecule has 2 aliphatic rings. The summed E-state index contributed by atoms with van der Waals surface area (Å²) in [6, 6.07) is 2.08. The first-order chi connectivity index (χ1) is 10.7. The fraction of sp³-hybridized carbons (Fsp3) is 0.588. The number of carbonyl (C=O) groups is 2. The largest absolute Gasteiger partial charge is 0.341 e. The van der Waals surface area contributed by atoms with Crippen molar-refractivity contribution in [2.45, 2.75) is 51.6 Å². The molecule has 1 fully saturated rings. The number of aromatic nitrogens is 1. The van der Waals surface area contributed by atoms with Crippen LogP contribution in [0.15, 0.2) is 12.3 Å². The van der Waals surface area contributed by atoms with E-state index in [1.807, 2.05) is 18.0 Å². The predicted molar refractivity (Wildman–Crippen MR) is 83.1 cm³/mol. The minimum Gasteiger partial charge on any atom is -0.341 e. The van der Waals surface area contributed by atoms with Gasteiger partial charge in [0.2, 0.25) is 12.3 Å². The third-order valence-corrected chi connectivity index (χ3v) is 4.88. The summed E-state index contributed by atoms with van der Waals surface area (Å²) in [5.74, 6) is 0.141. The second kappa shape index (κ2) is 6.46. The Morgan fingerprint density at radius 3 is 2.95 bits per heavy atom. The van der Waals surface area contributed by atoms with E-state index in [0.717, 1.165) is 24.9 Å². The molecule has 1 atom stereocenters. The van der Waals surface area contributed by atoms with Crippen LogP contribution in [-0.4, -0.2) is 46.2 Å². The summed E-state index contributed by atoms with van der Waals surface area (Å²) in [4.78, 5) is 31.5. The lowest BCUT2D eigenvalue weighted by molar-refractivity contribution is -0.127. The number of likely N-dealkylation sites (N-methyl/N-ethyl adjacent to an activating group) is 1. The van der Waals surface area contributed by atoms with Crippen molar-refractivity contribution in [3.05, 3.63) is 29.1 Å². The molecular formula is C17H23N3O2. The van der Waals surface area contributed by atoms with E-state index in [9.17, 15) is 9.59 Å². The average Bonchev–Trinajstić information content (AvgIpc) is 2.93. The number of nitrogens with zero attached hydrogens (tertiary/aromatic N) is 3. The van der Waals surface area contributed by atoms with Gasteiger partial charge < -0.3 is 9.80 Å². The van der Waals surface area contributed by atoms with E-state index in [1.54, 1.807) is 4.90 Å². The number of fused-ring (bicyclic) bond motifs is 1. The van der Waals surface area contributed by atoms with Crippen molar-refractivity contribution < 1.29 is 9.59 Å². The van der Waals surface area contributed by atoms with E-state index >= 15 is 0 Å². The van der Waals surface area contributed by atoms with E-state index < -0.39 is 0 Å². The zero-order chi connectivity index (χ0) is 15.5. The van der Waals surface area contributed by atoms with Gasteiger partial charge in [-0.3, -0.25) is 14.6 Å². The summed E-state index contributed by atoms with van der Waals surface area (Å²) >= 11 is 0. The fourth-order valence-electron chi connectivity index (χ4n) is 3.58. The number of aryl methyl sites for hydroxylation is 1. The van der Waals surface area contributed by atoms with Gasteiger partial charge in [-0.25, -0.2) is 0 Å². The van der Waals surface area contributed by atoms with Gasteiger partial charge >= 0.3 is 0 Å². The topological polar surface area (TPSA) is 53.5 Å². The van der Waals surface area contributed by atoms with Crippen LogP contribution in [0.1, 0.15) is 43.0 Å². The molecule has 5 heteroatoms. The SMILES string of the molecule is CCN1CC(N(C=O)Cc2nccc3c2CCCC3)CC1=O. The van der Waals surface area contributed by atoms with Crippen LogP contribution in [0.4, 0.5) is 0 Å². The van der Waals surface area contributed by atoms with Crippen molar-refractivity contribution in [3.8, 4) is 0 Å². The number of carbonyl (C=O) groups excluding carboxylic acids is 2. The molecule has 0 bridgehead atoms. The van der Waals surface area contributed by atoms with E-state index in [-0.39, 0.29) is 11.9 Å². The molecule has 0 aromatic carbocycles. The van der Waals surface area contributed by atoms with Crippen LogP contribution in [0.5, 0.6) is 0 Å². The zero-order valence-corrected chi connectivity index (χ0v) is 13.1. The number of likely N-dealkylation sites (tertiary alicyclic amines) is 1. The molecule has 2 heterocycles. The Bertz CT molecular complexity index is 573. The van der Waals surface area contributed by atoms with Crippen LogP contribution >= 0.6 is 0 Å². The summed E-state index contributed by atoms with van der Waals surface area (Å²) in [5.41, 5.74) is 3.70. The molecule has 0 saturated carbocycles. The Kier molecular flexibility index (Phi) is 4.41. The lowest BCUT2D eigenvalue weighted by Crippen LogP contribution is -2.36. The summed E-state index contributed by atoms with van der Waals surface area (Å²) in [6.07, 6.45) is 7.74. The molecule has 0 spiro atoms. The van der Waals surface area contributed by atoms with E-state index in [0.29, 0.717) is 26.1 Å². The Balaban J connectivity index is 1.76.